The molecule has 2 aliphatic rings. The molecule has 0 aromatic heterocycles. The largest absolute Gasteiger partial charge is 0.355 e. The summed E-state index contributed by atoms with van der Waals surface area (Å²) in [7, 11) is 0. The molecule has 0 saturated carbocycles. The van der Waals surface area contributed by atoms with Crippen LogP contribution in [0.5, 0.6) is 0 Å². The van der Waals surface area contributed by atoms with Crippen LogP contribution in [-0.4, -0.2) is 66.6 Å². The normalized spacial score (nSPS) is 24.5. The Hall–Kier alpha value is -1.50. The fourth-order valence-corrected chi connectivity index (χ4v) is 4.65. The van der Waals surface area contributed by atoms with Gasteiger partial charge < -0.3 is 15.5 Å². The number of halogens is 1. The van der Waals surface area contributed by atoms with Gasteiger partial charge in [-0.3, -0.25) is 9.69 Å². The number of rotatable bonds is 8. The molecule has 0 unspecified atom stereocenters. The van der Waals surface area contributed by atoms with E-state index in [1.54, 1.807) is 6.07 Å². The molecule has 2 fully saturated rings. The van der Waals surface area contributed by atoms with Gasteiger partial charge in [-0.15, -0.1) is 0 Å². The minimum Gasteiger partial charge on any atom is -0.355 e. The summed E-state index contributed by atoms with van der Waals surface area (Å²) in [6.07, 6.45) is 4.22. The molecule has 3 rings (SSSR count). The van der Waals surface area contributed by atoms with E-state index in [1.807, 2.05) is 19.1 Å². The molecule has 2 saturated heterocycles. The Bertz CT molecular complexity index is 633. The fourth-order valence-electron chi connectivity index (χ4n) is 4.65. The molecule has 2 atom stereocenters. The molecule has 0 bridgehead atoms. The second kappa shape index (κ2) is 10.3. The quantitative estimate of drug-likeness (QED) is 0.716. The Labute approximate surface area is 168 Å². The first-order valence-corrected chi connectivity index (χ1v) is 10.8. The van der Waals surface area contributed by atoms with Gasteiger partial charge in [0.05, 0.1) is 6.04 Å². The van der Waals surface area contributed by atoms with E-state index in [-0.39, 0.29) is 23.8 Å². The van der Waals surface area contributed by atoms with Crippen LogP contribution in [0.1, 0.15) is 45.1 Å². The van der Waals surface area contributed by atoms with Crippen molar-refractivity contribution in [2.45, 2.75) is 64.2 Å². The number of benzene rings is 1. The lowest BCUT2D eigenvalue weighted by atomic mass is 10.0. The van der Waals surface area contributed by atoms with Crippen LogP contribution < -0.4 is 10.6 Å². The lowest BCUT2D eigenvalue weighted by Crippen LogP contribution is -2.51. The minimum absolute atomic E-state index is 0.0826. The third kappa shape index (κ3) is 5.31. The van der Waals surface area contributed by atoms with E-state index in [0.717, 1.165) is 38.9 Å². The molecule has 0 aliphatic carbocycles. The second-order valence-electron chi connectivity index (χ2n) is 8.08. The van der Waals surface area contributed by atoms with E-state index in [0.29, 0.717) is 24.7 Å². The maximum atomic E-state index is 13.9. The number of carbonyl (C=O) groups excluding carboxylic acids is 1. The summed E-state index contributed by atoms with van der Waals surface area (Å²) in [4.78, 5) is 17.6. The Kier molecular flexibility index (Phi) is 7.82. The number of likely N-dealkylation sites (tertiary alicyclic amines) is 2. The van der Waals surface area contributed by atoms with E-state index in [1.165, 1.54) is 19.0 Å². The third-order valence-electron chi connectivity index (χ3n) is 6.10. The van der Waals surface area contributed by atoms with Gasteiger partial charge in [-0.25, -0.2) is 4.39 Å². The minimum atomic E-state index is -0.173. The van der Waals surface area contributed by atoms with Crippen LogP contribution in [0, 0.1) is 5.82 Å². The molecule has 2 N–H and O–H groups in total. The lowest BCUT2D eigenvalue weighted by molar-refractivity contribution is -0.126. The summed E-state index contributed by atoms with van der Waals surface area (Å²) < 4.78 is 13.9. The summed E-state index contributed by atoms with van der Waals surface area (Å²) in [5.41, 5.74) is 0.684. The van der Waals surface area contributed by atoms with E-state index in [4.69, 9.17) is 0 Å². The van der Waals surface area contributed by atoms with Crippen molar-refractivity contribution < 1.29 is 9.18 Å². The van der Waals surface area contributed by atoms with Crippen LogP contribution in [0.15, 0.2) is 24.3 Å². The average molecular weight is 391 g/mol. The number of nitrogens with one attached hydrogen (secondary N) is 2. The topological polar surface area (TPSA) is 47.6 Å². The first-order chi connectivity index (χ1) is 13.6. The Morgan fingerprint density at radius 3 is 2.64 bits per heavy atom. The highest BCUT2D eigenvalue weighted by Crippen LogP contribution is 2.27. The molecule has 1 amide bonds. The summed E-state index contributed by atoms with van der Waals surface area (Å²) >= 11 is 0. The highest BCUT2D eigenvalue weighted by molar-refractivity contribution is 5.82. The van der Waals surface area contributed by atoms with Gasteiger partial charge in [-0.2, -0.15) is 0 Å². The zero-order chi connectivity index (χ0) is 19.9. The Balaban J connectivity index is 1.61. The Morgan fingerprint density at radius 2 is 1.96 bits per heavy atom. The summed E-state index contributed by atoms with van der Waals surface area (Å²) in [5, 5.41) is 6.50. The molecular formula is C22H35FN4O. The van der Waals surface area contributed by atoms with E-state index < -0.39 is 0 Å². The number of amides is 1. The molecule has 0 radical (unpaired) electrons. The van der Waals surface area contributed by atoms with Crippen LogP contribution in [0.2, 0.25) is 0 Å². The molecule has 0 spiro atoms. The average Bonchev–Trinajstić information content (AvgIpc) is 3.13. The zero-order valence-corrected chi connectivity index (χ0v) is 17.3. The fraction of sp³-hybridized carbons (Fsp3) is 0.682. The standard InChI is InChI=1S/C22H35FN4O/c1-3-11-26-12-9-19(10-13-26)27-16-18(14-21(27)22(28)24-4-2)25-15-17-7-5-6-8-20(17)23/h5-8,18-19,21,25H,3-4,9-16H2,1-2H3,(H,24,28)/t18-,21+/m1/s1. The van der Waals surface area contributed by atoms with Crippen molar-refractivity contribution in [3.8, 4) is 0 Å². The smallest absolute Gasteiger partial charge is 0.237 e. The second-order valence-corrected chi connectivity index (χ2v) is 8.08. The van der Waals surface area contributed by atoms with Gasteiger partial charge in [0, 0.05) is 37.3 Å². The molecule has 5 nitrogen and oxygen atoms in total. The van der Waals surface area contributed by atoms with E-state index >= 15 is 0 Å². The number of piperidine rings is 1. The van der Waals surface area contributed by atoms with Gasteiger partial charge in [0.2, 0.25) is 5.91 Å². The van der Waals surface area contributed by atoms with Gasteiger partial charge in [-0.1, -0.05) is 25.1 Å². The molecule has 2 aliphatic heterocycles. The highest BCUT2D eigenvalue weighted by atomic mass is 19.1. The molecule has 2 heterocycles. The first kappa shape index (κ1) is 21.2. The monoisotopic (exact) mass is 390 g/mol. The Morgan fingerprint density at radius 1 is 1.21 bits per heavy atom. The van der Waals surface area contributed by atoms with Crippen molar-refractivity contribution in [1.29, 1.82) is 0 Å². The van der Waals surface area contributed by atoms with Gasteiger partial charge in [0.15, 0.2) is 0 Å². The van der Waals surface area contributed by atoms with Crippen LogP contribution in [0.4, 0.5) is 4.39 Å². The molecule has 6 heteroatoms. The van der Waals surface area contributed by atoms with E-state index in [2.05, 4.69) is 27.4 Å². The van der Waals surface area contributed by atoms with Crippen molar-refractivity contribution in [3.05, 3.63) is 35.6 Å². The highest BCUT2D eigenvalue weighted by Gasteiger charge is 2.40. The van der Waals surface area contributed by atoms with Crippen LogP contribution in [0.25, 0.3) is 0 Å². The SMILES string of the molecule is CCCN1CCC(N2C[C@H](NCc3ccccc3F)C[C@H]2C(=O)NCC)CC1. The summed E-state index contributed by atoms with van der Waals surface area (Å²) in [6, 6.07) is 7.48. The maximum Gasteiger partial charge on any atom is 0.237 e. The molecule has 1 aromatic rings. The first-order valence-electron chi connectivity index (χ1n) is 10.8. The number of hydrogen-bond donors (Lipinski definition) is 2. The third-order valence-corrected chi connectivity index (χ3v) is 6.10. The van der Waals surface area contributed by atoms with Crippen LogP contribution >= 0.6 is 0 Å². The van der Waals surface area contributed by atoms with Crippen molar-refractivity contribution in [3.63, 3.8) is 0 Å². The summed E-state index contributed by atoms with van der Waals surface area (Å²) in [6.45, 7) is 9.61. The predicted octanol–water partition coefficient (Wildman–Crippen LogP) is 2.37. The van der Waals surface area contributed by atoms with Crippen molar-refractivity contribution in [2.24, 2.45) is 0 Å². The van der Waals surface area contributed by atoms with E-state index in [9.17, 15) is 9.18 Å². The maximum absolute atomic E-state index is 13.9. The lowest BCUT2D eigenvalue weighted by Gasteiger charge is -2.38. The number of hydrogen-bond acceptors (Lipinski definition) is 4. The van der Waals surface area contributed by atoms with Crippen LogP contribution in [-0.2, 0) is 11.3 Å². The van der Waals surface area contributed by atoms with Crippen molar-refractivity contribution >= 4 is 5.91 Å². The summed E-state index contributed by atoms with van der Waals surface area (Å²) in [5.74, 6) is -0.0397. The van der Waals surface area contributed by atoms with Crippen LogP contribution in [0.3, 0.4) is 0 Å². The van der Waals surface area contributed by atoms with Gasteiger partial charge >= 0.3 is 0 Å². The molecular weight excluding hydrogens is 355 g/mol. The van der Waals surface area contributed by atoms with Gasteiger partial charge in [-0.05, 0) is 58.3 Å². The number of likely N-dealkylation sites (N-methyl/N-ethyl adjacent to an activating group) is 1. The number of nitrogens with zero attached hydrogens (tertiary/aromatic N) is 2. The van der Waals surface area contributed by atoms with Gasteiger partial charge in [0.1, 0.15) is 5.82 Å². The van der Waals surface area contributed by atoms with Crippen molar-refractivity contribution in [2.75, 3.05) is 32.7 Å². The van der Waals surface area contributed by atoms with Crippen molar-refractivity contribution in [1.82, 2.24) is 20.4 Å². The zero-order valence-electron chi connectivity index (χ0n) is 17.3. The molecule has 28 heavy (non-hydrogen) atoms. The predicted molar refractivity (Wildman–Crippen MR) is 111 cm³/mol. The number of carbonyl (C=O) groups is 1. The molecule has 156 valence electrons. The molecule has 1 aromatic carbocycles. The van der Waals surface area contributed by atoms with Gasteiger partial charge in [0.25, 0.3) is 0 Å².